The topological polar surface area (TPSA) is 96.5 Å². The molecule has 4 rings (SSSR count). The largest absolute Gasteiger partial charge is 0.490 e. The summed E-state index contributed by atoms with van der Waals surface area (Å²) in [6.45, 7) is 4.68. The number of hydrogen-bond donors (Lipinski definition) is 2. The van der Waals surface area contributed by atoms with E-state index in [1.165, 1.54) is 0 Å². The molecule has 0 atom stereocenters. The first-order chi connectivity index (χ1) is 15.2. The molecule has 2 aromatic carbocycles. The van der Waals surface area contributed by atoms with Crippen LogP contribution in [-0.4, -0.2) is 60.2 Å². The Balaban J connectivity index is 1.32. The van der Waals surface area contributed by atoms with Gasteiger partial charge < -0.3 is 19.8 Å². The summed E-state index contributed by atoms with van der Waals surface area (Å²) >= 11 is 0. The van der Waals surface area contributed by atoms with E-state index in [1.807, 2.05) is 30.3 Å². The number of carbonyl (C=O) groups excluding carboxylic acids is 1. The average Bonchev–Trinajstić information content (AvgIpc) is 2.80. The lowest BCUT2D eigenvalue weighted by molar-refractivity contribution is -0.116. The van der Waals surface area contributed by atoms with Crippen molar-refractivity contribution in [2.45, 2.75) is 12.8 Å². The Morgan fingerprint density at radius 1 is 1.13 bits per heavy atom. The van der Waals surface area contributed by atoms with Crippen molar-refractivity contribution in [2.24, 2.45) is 0 Å². The Morgan fingerprint density at radius 3 is 2.77 bits per heavy atom. The molecule has 0 aliphatic carbocycles. The molecule has 1 amide bonds. The van der Waals surface area contributed by atoms with Gasteiger partial charge in [0.2, 0.25) is 5.91 Å². The molecule has 0 saturated carbocycles. The second kappa shape index (κ2) is 10.2. The third-order valence-electron chi connectivity index (χ3n) is 5.18. The maximum atomic E-state index is 12.5. The first-order valence-electron chi connectivity index (χ1n) is 10.5. The molecular formula is C23H26N4O4. The molecular weight excluding hydrogens is 396 g/mol. The highest BCUT2D eigenvalue weighted by Crippen LogP contribution is 2.24. The summed E-state index contributed by atoms with van der Waals surface area (Å²) in [6.07, 6.45) is 0.537. The van der Waals surface area contributed by atoms with Gasteiger partial charge in [0.15, 0.2) is 0 Å². The van der Waals surface area contributed by atoms with Crippen LogP contribution in [0.5, 0.6) is 5.75 Å². The number of carbonyl (C=O) groups is 1. The van der Waals surface area contributed by atoms with Crippen LogP contribution in [0.3, 0.4) is 0 Å². The second-order valence-electron chi connectivity index (χ2n) is 7.38. The van der Waals surface area contributed by atoms with Gasteiger partial charge in [-0.05, 0) is 24.3 Å². The Bertz CT molecular complexity index is 1090. The van der Waals surface area contributed by atoms with Crippen LogP contribution in [0.25, 0.3) is 10.9 Å². The van der Waals surface area contributed by atoms with Crippen LogP contribution < -0.4 is 15.6 Å². The molecule has 1 aliphatic rings. The summed E-state index contributed by atoms with van der Waals surface area (Å²) in [4.78, 5) is 34.2. The third kappa shape index (κ3) is 5.68. The standard InChI is InChI=1S/C23H26N4O4/c28-22(10-9-21-24-18-6-2-1-5-17(18)23(29)26-21)25-19-7-3-4-8-20(19)31-16-13-27-11-14-30-15-12-27/h1-8H,9-16H2,(H,25,28)(H,24,26,29). The monoisotopic (exact) mass is 422 g/mol. The molecule has 162 valence electrons. The normalized spacial score (nSPS) is 14.5. The summed E-state index contributed by atoms with van der Waals surface area (Å²) in [5.41, 5.74) is 1.06. The van der Waals surface area contributed by atoms with Crippen molar-refractivity contribution in [1.29, 1.82) is 0 Å². The van der Waals surface area contributed by atoms with E-state index in [9.17, 15) is 9.59 Å². The fraction of sp³-hybridized carbons (Fsp3) is 0.348. The average molecular weight is 422 g/mol. The molecule has 0 spiro atoms. The number of aryl methyl sites for hydroxylation is 1. The number of rotatable bonds is 8. The van der Waals surface area contributed by atoms with E-state index in [2.05, 4.69) is 20.2 Å². The van der Waals surface area contributed by atoms with Crippen LogP contribution in [0.15, 0.2) is 53.3 Å². The zero-order chi connectivity index (χ0) is 21.5. The van der Waals surface area contributed by atoms with Gasteiger partial charge in [-0.15, -0.1) is 0 Å². The van der Waals surface area contributed by atoms with E-state index in [-0.39, 0.29) is 17.9 Å². The van der Waals surface area contributed by atoms with Gasteiger partial charge in [-0.1, -0.05) is 24.3 Å². The molecule has 8 heteroatoms. The number of nitrogens with zero attached hydrogens (tertiary/aromatic N) is 2. The molecule has 3 aromatic rings. The molecule has 8 nitrogen and oxygen atoms in total. The van der Waals surface area contributed by atoms with Crippen LogP contribution in [0, 0.1) is 0 Å². The van der Waals surface area contributed by atoms with E-state index >= 15 is 0 Å². The number of para-hydroxylation sites is 3. The fourth-order valence-corrected chi connectivity index (χ4v) is 3.50. The lowest BCUT2D eigenvalue weighted by Crippen LogP contribution is -2.38. The third-order valence-corrected chi connectivity index (χ3v) is 5.18. The zero-order valence-corrected chi connectivity index (χ0v) is 17.3. The van der Waals surface area contributed by atoms with Gasteiger partial charge in [-0.2, -0.15) is 0 Å². The lowest BCUT2D eigenvalue weighted by Gasteiger charge is -2.26. The van der Waals surface area contributed by atoms with Crippen LogP contribution in [0.2, 0.25) is 0 Å². The number of morpholine rings is 1. The summed E-state index contributed by atoms with van der Waals surface area (Å²) in [6, 6.07) is 14.5. The van der Waals surface area contributed by atoms with Crippen molar-refractivity contribution in [1.82, 2.24) is 14.9 Å². The molecule has 1 aliphatic heterocycles. The van der Waals surface area contributed by atoms with Crippen molar-refractivity contribution in [3.05, 3.63) is 64.7 Å². The molecule has 2 heterocycles. The zero-order valence-electron chi connectivity index (χ0n) is 17.3. The van der Waals surface area contributed by atoms with Gasteiger partial charge in [0.05, 0.1) is 29.8 Å². The minimum absolute atomic E-state index is 0.167. The van der Waals surface area contributed by atoms with Crippen molar-refractivity contribution < 1.29 is 14.3 Å². The molecule has 31 heavy (non-hydrogen) atoms. The number of benzene rings is 2. The lowest BCUT2D eigenvalue weighted by atomic mass is 10.2. The number of fused-ring (bicyclic) bond motifs is 1. The highest BCUT2D eigenvalue weighted by molar-refractivity contribution is 5.92. The van der Waals surface area contributed by atoms with Crippen LogP contribution in [0.4, 0.5) is 5.69 Å². The molecule has 1 aromatic heterocycles. The first-order valence-corrected chi connectivity index (χ1v) is 10.5. The maximum Gasteiger partial charge on any atom is 0.258 e. The van der Waals surface area contributed by atoms with Gasteiger partial charge in [-0.3, -0.25) is 14.5 Å². The first kappa shape index (κ1) is 21.0. The van der Waals surface area contributed by atoms with E-state index < -0.39 is 0 Å². The Labute approximate surface area is 180 Å². The predicted molar refractivity (Wildman–Crippen MR) is 119 cm³/mol. The minimum Gasteiger partial charge on any atom is -0.490 e. The van der Waals surface area contributed by atoms with E-state index in [0.29, 0.717) is 41.2 Å². The number of aromatic amines is 1. The Hall–Kier alpha value is -3.23. The number of ether oxygens (including phenoxy) is 2. The van der Waals surface area contributed by atoms with Crippen molar-refractivity contribution in [2.75, 3.05) is 44.8 Å². The minimum atomic E-state index is -0.194. The molecule has 0 bridgehead atoms. The number of H-pyrrole nitrogens is 1. The number of amides is 1. The molecule has 1 fully saturated rings. The van der Waals surface area contributed by atoms with Crippen molar-refractivity contribution >= 4 is 22.5 Å². The number of aromatic nitrogens is 2. The van der Waals surface area contributed by atoms with Crippen molar-refractivity contribution in [3.63, 3.8) is 0 Å². The van der Waals surface area contributed by atoms with Crippen LogP contribution in [-0.2, 0) is 16.0 Å². The SMILES string of the molecule is O=C(CCc1nc2ccccc2c(=O)[nH]1)Nc1ccccc1OCCN1CCOCC1. The maximum absolute atomic E-state index is 12.5. The summed E-state index contributed by atoms with van der Waals surface area (Å²) < 4.78 is 11.3. The van der Waals surface area contributed by atoms with E-state index in [4.69, 9.17) is 9.47 Å². The second-order valence-corrected chi connectivity index (χ2v) is 7.38. The number of anilines is 1. The molecule has 0 unspecified atom stereocenters. The summed E-state index contributed by atoms with van der Waals surface area (Å²) in [5.74, 6) is 0.968. The van der Waals surface area contributed by atoms with Crippen molar-refractivity contribution in [3.8, 4) is 5.75 Å². The Kier molecular flexibility index (Phi) is 6.91. The summed E-state index contributed by atoms with van der Waals surface area (Å²) in [7, 11) is 0. The van der Waals surface area contributed by atoms with Crippen LogP contribution >= 0.6 is 0 Å². The van der Waals surface area contributed by atoms with Gasteiger partial charge in [0.1, 0.15) is 18.2 Å². The number of hydrogen-bond acceptors (Lipinski definition) is 6. The van der Waals surface area contributed by atoms with Gasteiger partial charge in [0.25, 0.3) is 5.56 Å². The highest BCUT2D eigenvalue weighted by Gasteiger charge is 2.12. The van der Waals surface area contributed by atoms with Gasteiger partial charge >= 0.3 is 0 Å². The summed E-state index contributed by atoms with van der Waals surface area (Å²) in [5, 5.41) is 3.44. The fourth-order valence-electron chi connectivity index (χ4n) is 3.50. The van der Waals surface area contributed by atoms with E-state index in [1.54, 1.807) is 18.2 Å². The smallest absolute Gasteiger partial charge is 0.258 e. The Morgan fingerprint density at radius 2 is 1.90 bits per heavy atom. The van der Waals surface area contributed by atoms with Gasteiger partial charge in [0, 0.05) is 32.5 Å². The van der Waals surface area contributed by atoms with E-state index in [0.717, 1.165) is 32.8 Å². The predicted octanol–water partition coefficient (Wildman–Crippen LogP) is 2.21. The van der Waals surface area contributed by atoms with Crippen LogP contribution in [0.1, 0.15) is 12.2 Å². The highest BCUT2D eigenvalue weighted by atomic mass is 16.5. The molecule has 2 N–H and O–H groups in total. The molecule has 0 radical (unpaired) electrons. The molecule has 1 saturated heterocycles. The van der Waals surface area contributed by atoms with Gasteiger partial charge in [-0.25, -0.2) is 4.98 Å². The number of nitrogens with one attached hydrogen (secondary N) is 2. The quantitative estimate of drug-likeness (QED) is 0.578.